The maximum Gasteiger partial charge on any atom is 0.251 e. The average molecular weight is 362 g/mol. The van der Waals surface area contributed by atoms with Crippen LogP contribution in [0, 0.1) is 20.8 Å². The summed E-state index contributed by atoms with van der Waals surface area (Å²) in [4.78, 5) is 16.5. The number of ether oxygens (including phenoxy) is 1. The quantitative estimate of drug-likeness (QED) is 0.821. The number of thiocarbonyl (C=S) groups is 1. The molecule has 1 aromatic carbocycles. The van der Waals surface area contributed by atoms with E-state index in [1.165, 1.54) is 16.7 Å². The Balaban J connectivity index is 1.55. The lowest BCUT2D eigenvalue weighted by Gasteiger charge is -2.37. The summed E-state index contributed by atoms with van der Waals surface area (Å²) in [6.07, 6.45) is 1.61. The molecule has 0 aromatic heterocycles. The first-order valence-corrected chi connectivity index (χ1v) is 9.40. The van der Waals surface area contributed by atoms with Crippen molar-refractivity contribution in [3.8, 4) is 0 Å². The van der Waals surface area contributed by atoms with Gasteiger partial charge in [0.15, 0.2) is 5.11 Å². The minimum Gasteiger partial charge on any atom is -0.368 e. The lowest BCUT2D eigenvalue weighted by Crippen LogP contribution is -2.53. The fourth-order valence-electron chi connectivity index (χ4n) is 3.40. The predicted molar refractivity (Wildman–Crippen MR) is 104 cm³/mol. The molecule has 0 saturated carbocycles. The second kappa shape index (κ2) is 7.70. The Morgan fingerprint density at radius 2 is 1.72 bits per heavy atom. The number of hydrogen-bond acceptors (Lipinski definition) is 3. The monoisotopic (exact) mass is 361 g/mol. The van der Waals surface area contributed by atoms with Crippen molar-refractivity contribution in [3.63, 3.8) is 0 Å². The molecule has 3 rings (SSSR count). The van der Waals surface area contributed by atoms with E-state index in [4.69, 9.17) is 17.0 Å². The van der Waals surface area contributed by atoms with E-state index < -0.39 is 0 Å². The molecule has 2 heterocycles. The Labute approximate surface area is 155 Å². The molecule has 0 spiro atoms. The molecule has 6 heteroatoms. The summed E-state index contributed by atoms with van der Waals surface area (Å²) in [7, 11) is 0. The van der Waals surface area contributed by atoms with E-state index in [0.29, 0.717) is 19.7 Å². The van der Waals surface area contributed by atoms with Crippen LogP contribution in [0.5, 0.6) is 0 Å². The normalized spacial score (nSPS) is 20.7. The first-order valence-electron chi connectivity index (χ1n) is 9.00. The molecular weight excluding hydrogens is 334 g/mol. The number of aryl methyl sites for hydroxylation is 3. The van der Waals surface area contributed by atoms with Gasteiger partial charge in [0.2, 0.25) is 0 Å². The molecule has 1 N–H and O–H groups in total. The smallest absolute Gasteiger partial charge is 0.251 e. The Kier molecular flexibility index (Phi) is 5.59. The van der Waals surface area contributed by atoms with Gasteiger partial charge in [-0.05, 0) is 68.6 Å². The maximum absolute atomic E-state index is 12.4. The average Bonchev–Trinajstić information content (AvgIpc) is 3.13. The van der Waals surface area contributed by atoms with E-state index in [-0.39, 0.29) is 12.0 Å². The molecule has 2 aliphatic heterocycles. The molecule has 0 radical (unpaired) electrons. The number of anilines is 1. The highest BCUT2D eigenvalue weighted by molar-refractivity contribution is 7.80. The summed E-state index contributed by atoms with van der Waals surface area (Å²) >= 11 is 5.59. The number of nitrogens with zero attached hydrogens (tertiary/aromatic N) is 2. The first kappa shape index (κ1) is 18.1. The van der Waals surface area contributed by atoms with E-state index in [1.807, 2.05) is 4.90 Å². The predicted octanol–water partition coefficient (Wildman–Crippen LogP) is 2.63. The third-order valence-corrected chi connectivity index (χ3v) is 5.53. The summed E-state index contributed by atoms with van der Waals surface area (Å²) in [5.74, 6) is 0.140. The van der Waals surface area contributed by atoms with Crippen LogP contribution in [0.2, 0.25) is 0 Å². The Bertz CT molecular complexity index is 663. The minimum atomic E-state index is -0.227. The van der Waals surface area contributed by atoms with E-state index in [2.05, 4.69) is 43.1 Å². The Morgan fingerprint density at radius 1 is 1.08 bits per heavy atom. The van der Waals surface area contributed by atoms with E-state index in [9.17, 15) is 4.79 Å². The molecule has 2 aliphatic rings. The molecule has 1 aromatic rings. The van der Waals surface area contributed by atoms with Gasteiger partial charge in [-0.25, -0.2) is 0 Å². The number of piperazine rings is 1. The summed E-state index contributed by atoms with van der Waals surface area (Å²) in [5.41, 5.74) is 4.79. The summed E-state index contributed by atoms with van der Waals surface area (Å²) in [6, 6.07) is 4.33. The third kappa shape index (κ3) is 4.12. The van der Waals surface area contributed by atoms with E-state index in [1.54, 1.807) is 0 Å². The van der Waals surface area contributed by atoms with Crippen LogP contribution in [-0.2, 0) is 9.53 Å². The van der Waals surface area contributed by atoms with Crippen molar-refractivity contribution in [2.24, 2.45) is 0 Å². The van der Waals surface area contributed by atoms with Crippen LogP contribution >= 0.6 is 12.2 Å². The van der Waals surface area contributed by atoms with Crippen LogP contribution in [-0.4, -0.2) is 59.7 Å². The number of carbonyl (C=O) groups excluding carboxylic acids is 1. The standard InChI is InChI=1S/C19H27N3O2S/c1-13-11-15(3)16(12-14(13)2)20-19(25)22-8-6-21(7-9-22)18(23)17-5-4-10-24-17/h11-12,17H,4-10H2,1-3H3,(H,20,25). The van der Waals surface area contributed by atoms with Gasteiger partial charge in [0, 0.05) is 38.5 Å². The third-order valence-electron chi connectivity index (χ3n) is 5.17. The van der Waals surface area contributed by atoms with Crippen molar-refractivity contribution >= 4 is 28.9 Å². The van der Waals surface area contributed by atoms with Gasteiger partial charge in [-0.15, -0.1) is 0 Å². The molecule has 2 fully saturated rings. The summed E-state index contributed by atoms with van der Waals surface area (Å²) in [5, 5.41) is 4.11. The van der Waals surface area contributed by atoms with Crippen LogP contribution in [0.3, 0.4) is 0 Å². The van der Waals surface area contributed by atoms with Crippen LogP contribution < -0.4 is 5.32 Å². The fourth-order valence-corrected chi connectivity index (χ4v) is 3.69. The fraction of sp³-hybridized carbons (Fsp3) is 0.579. The highest BCUT2D eigenvalue weighted by atomic mass is 32.1. The zero-order chi connectivity index (χ0) is 18.0. The van der Waals surface area contributed by atoms with Gasteiger partial charge in [0.05, 0.1) is 0 Å². The highest BCUT2D eigenvalue weighted by Gasteiger charge is 2.30. The number of benzene rings is 1. The summed E-state index contributed by atoms with van der Waals surface area (Å²) < 4.78 is 5.51. The van der Waals surface area contributed by atoms with Crippen molar-refractivity contribution in [1.29, 1.82) is 0 Å². The van der Waals surface area contributed by atoms with Gasteiger partial charge >= 0.3 is 0 Å². The second-order valence-corrected chi connectivity index (χ2v) is 7.38. The molecule has 25 heavy (non-hydrogen) atoms. The van der Waals surface area contributed by atoms with Crippen molar-refractivity contribution in [2.45, 2.75) is 39.7 Å². The Hall–Kier alpha value is -1.66. The first-order chi connectivity index (χ1) is 12.0. The Morgan fingerprint density at radius 3 is 2.36 bits per heavy atom. The lowest BCUT2D eigenvalue weighted by molar-refractivity contribution is -0.142. The molecule has 0 bridgehead atoms. The number of nitrogens with one attached hydrogen (secondary N) is 1. The highest BCUT2D eigenvalue weighted by Crippen LogP contribution is 2.21. The number of hydrogen-bond donors (Lipinski definition) is 1. The van der Waals surface area contributed by atoms with E-state index >= 15 is 0 Å². The van der Waals surface area contributed by atoms with Gasteiger partial charge in [0.1, 0.15) is 6.10 Å². The molecule has 1 atom stereocenters. The SMILES string of the molecule is Cc1cc(C)c(NC(=S)N2CCN(C(=O)C3CCCO3)CC2)cc1C. The van der Waals surface area contributed by atoms with Crippen molar-refractivity contribution in [3.05, 3.63) is 28.8 Å². The molecule has 1 amide bonds. The maximum atomic E-state index is 12.4. The van der Waals surface area contributed by atoms with Crippen LogP contribution in [0.25, 0.3) is 0 Å². The van der Waals surface area contributed by atoms with Crippen molar-refractivity contribution in [1.82, 2.24) is 9.80 Å². The zero-order valence-electron chi connectivity index (χ0n) is 15.3. The van der Waals surface area contributed by atoms with Gasteiger partial charge in [0.25, 0.3) is 5.91 Å². The van der Waals surface area contributed by atoms with Crippen molar-refractivity contribution < 1.29 is 9.53 Å². The van der Waals surface area contributed by atoms with Gasteiger partial charge in [-0.2, -0.15) is 0 Å². The van der Waals surface area contributed by atoms with E-state index in [0.717, 1.165) is 36.7 Å². The zero-order valence-corrected chi connectivity index (χ0v) is 16.1. The topological polar surface area (TPSA) is 44.8 Å². The second-order valence-electron chi connectivity index (χ2n) is 7.00. The summed E-state index contributed by atoms with van der Waals surface area (Å²) in [6.45, 7) is 9.95. The number of rotatable bonds is 2. The molecule has 2 saturated heterocycles. The molecule has 5 nitrogen and oxygen atoms in total. The minimum absolute atomic E-state index is 0.140. The molecular formula is C19H27N3O2S. The molecule has 136 valence electrons. The lowest BCUT2D eigenvalue weighted by atomic mass is 10.1. The number of amides is 1. The van der Waals surface area contributed by atoms with Crippen molar-refractivity contribution in [2.75, 3.05) is 38.1 Å². The molecule has 0 aliphatic carbocycles. The number of carbonyl (C=O) groups is 1. The van der Waals surface area contributed by atoms with Crippen LogP contribution in [0.4, 0.5) is 5.69 Å². The largest absolute Gasteiger partial charge is 0.368 e. The van der Waals surface area contributed by atoms with Crippen LogP contribution in [0.15, 0.2) is 12.1 Å². The van der Waals surface area contributed by atoms with Crippen LogP contribution in [0.1, 0.15) is 29.5 Å². The van der Waals surface area contributed by atoms with Gasteiger partial charge in [-0.1, -0.05) is 6.07 Å². The molecule has 1 unspecified atom stereocenters. The van der Waals surface area contributed by atoms with Gasteiger partial charge < -0.3 is 19.9 Å². The van der Waals surface area contributed by atoms with Gasteiger partial charge in [-0.3, -0.25) is 4.79 Å².